The molecule has 0 spiro atoms. The molecule has 4 nitrogen and oxygen atoms in total. The Morgan fingerprint density at radius 1 is 0.515 bits per heavy atom. The van der Waals surface area contributed by atoms with E-state index >= 15 is 0 Å². The molecule has 13 heteroatoms. The van der Waals surface area contributed by atoms with Gasteiger partial charge in [0, 0.05) is 28.1 Å². The molecule has 0 radical (unpaired) electrons. The molecule has 5 aromatic rings. The molecule has 0 N–H and O–H groups in total. The van der Waals surface area contributed by atoms with Gasteiger partial charge in [-0.25, -0.2) is 13.8 Å². The normalized spacial score (nSPS) is 15.7. The van der Waals surface area contributed by atoms with Crippen LogP contribution in [0.15, 0.2) is 120 Å². The molecule has 0 saturated heterocycles. The van der Waals surface area contributed by atoms with Gasteiger partial charge in [-0.2, -0.15) is 26.3 Å². The molecule has 0 fully saturated rings. The van der Waals surface area contributed by atoms with Crippen LogP contribution < -0.4 is 0 Å². The summed E-state index contributed by atoms with van der Waals surface area (Å²) in [6, 6.07) is 32.6. The summed E-state index contributed by atoms with van der Waals surface area (Å²) in [7, 11) is -2.21. The van der Waals surface area contributed by atoms with E-state index in [2.05, 4.69) is 62.3 Å². The zero-order valence-corrected chi connectivity index (χ0v) is 40.9. The van der Waals surface area contributed by atoms with E-state index < -0.39 is 45.2 Å². The monoisotopic (exact) mass is 944 g/mol. The molecule has 1 aromatic heterocycles. The Kier molecular flexibility index (Phi) is 14.8. The van der Waals surface area contributed by atoms with Gasteiger partial charge in [0.2, 0.25) is 12.3 Å². The second-order valence-corrected chi connectivity index (χ2v) is 21.6. The predicted octanol–water partition coefficient (Wildman–Crippen LogP) is 15.6. The molecule has 362 valence electrons. The highest BCUT2D eigenvalue weighted by Crippen LogP contribution is 2.41. The molecule has 0 saturated carbocycles. The van der Waals surface area contributed by atoms with E-state index in [-0.39, 0.29) is 33.0 Å². The van der Waals surface area contributed by atoms with Crippen molar-refractivity contribution >= 4 is 24.6 Å². The van der Waals surface area contributed by atoms with Crippen molar-refractivity contribution in [1.82, 2.24) is 4.48 Å². The number of aromatic nitrogens is 1. The van der Waals surface area contributed by atoms with Crippen molar-refractivity contribution in [3.8, 4) is 22.4 Å². The maximum absolute atomic E-state index is 14.8. The number of halogens is 8. The summed E-state index contributed by atoms with van der Waals surface area (Å²) in [4.78, 5) is 5.16. The van der Waals surface area contributed by atoms with Gasteiger partial charge in [0.1, 0.15) is 0 Å². The van der Waals surface area contributed by atoms with Crippen molar-refractivity contribution in [2.45, 2.75) is 129 Å². The first kappa shape index (κ1) is 52.1. The first-order valence-electron chi connectivity index (χ1n) is 22.7. The highest BCUT2D eigenvalue weighted by atomic mass is 19.4. The Labute approximate surface area is 396 Å². The number of allylic oxidation sites excluding steroid dienone is 2. The Hall–Kier alpha value is -5.27. The van der Waals surface area contributed by atoms with Crippen LogP contribution in [0.1, 0.15) is 122 Å². The fourth-order valence-electron chi connectivity index (χ4n) is 7.72. The number of hydrogen-bond acceptors (Lipinski definition) is 3. The zero-order chi connectivity index (χ0) is 50.4. The summed E-state index contributed by atoms with van der Waals surface area (Å²) in [5, 5.41) is 0. The minimum atomic E-state index is -5.38. The van der Waals surface area contributed by atoms with Crippen molar-refractivity contribution in [2.24, 2.45) is 4.99 Å². The molecule has 0 aliphatic carbocycles. The summed E-state index contributed by atoms with van der Waals surface area (Å²) in [5.74, 6) is 0. The third-order valence-corrected chi connectivity index (χ3v) is 12.1. The lowest BCUT2D eigenvalue weighted by Crippen LogP contribution is -2.41. The van der Waals surface area contributed by atoms with Gasteiger partial charge in [-0.05, 0) is 78.8 Å². The Bertz CT molecular complexity index is 2610. The molecule has 1 aliphatic rings. The summed E-state index contributed by atoms with van der Waals surface area (Å²) in [5.41, 5.74) is 8.48. The quantitative estimate of drug-likeness (QED) is 0.0923. The fraction of sp³-hybridized carbons (Fsp3) is 0.400. The standard InChI is InChI=1S/C55H61BF8N2O2/c1-50(2,3)38-21-13-34(14-22-38)42-29-44(36-17-25-40(26-18-36)52(7,8)9)65-45(42)31-47-43(35-15-23-39(24-16-35)51(4,5)6)30-46(37-19-27-41(28-20-37)53(10,11)12)66(47)56(67-32-48(57)54(59,60)61)68-33-49(58)55(62,63)64/h13-31,48-49H,32-33H2,1-12H3/b45-31-. The fourth-order valence-corrected chi connectivity index (χ4v) is 7.72. The van der Waals surface area contributed by atoms with Crippen LogP contribution in [0.3, 0.4) is 0 Å². The van der Waals surface area contributed by atoms with E-state index in [9.17, 15) is 35.1 Å². The number of alkyl halides is 8. The second-order valence-electron chi connectivity index (χ2n) is 21.6. The maximum atomic E-state index is 14.8. The first-order chi connectivity index (χ1) is 31.3. The zero-order valence-electron chi connectivity index (χ0n) is 40.9. The molecule has 1 aliphatic heterocycles. The lowest BCUT2D eigenvalue weighted by Gasteiger charge is -2.24. The summed E-state index contributed by atoms with van der Waals surface area (Å²) in [6.45, 7) is 21.5. The van der Waals surface area contributed by atoms with Crippen LogP contribution >= 0.6 is 0 Å². The van der Waals surface area contributed by atoms with Gasteiger partial charge in [-0.15, -0.1) is 0 Å². The highest BCUT2D eigenvalue weighted by molar-refractivity contribution is 6.44. The molecule has 0 amide bonds. The number of benzene rings is 4. The number of rotatable bonds is 12. The van der Waals surface area contributed by atoms with Crippen LogP contribution in [0.5, 0.6) is 0 Å². The Morgan fingerprint density at radius 2 is 0.868 bits per heavy atom. The van der Waals surface area contributed by atoms with Crippen LogP contribution in [0.25, 0.3) is 34.0 Å². The average molecular weight is 945 g/mol. The Balaban J connectivity index is 1.69. The van der Waals surface area contributed by atoms with Crippen molar-refractivity contribution in [1.29, 1.82) is 0 Å². The second kappa shape index (κ2) is 19.3. The largest absolute Gasteiger partial charge is 0.598 e. The van der Waals surface area contributed by atoms with Gasteiger partial charge < -0.3 is 13.8 Å². The summed E-state index contributed by atoms with van der Waals surface area (Å²) < 4.78 is 125. The minimum Gasteiger partial charge on any atom is -0.388 e. The van der Waals surface area contributed by atoms with E-state index in [0.29, 0.717) is 33.7 Å². The number of nitrogens with zero attached hydrogens (tertiary/aromatic N) is 2. The van der Waals surface area contributed by atoms with Crippen molar-refractivity contribution in [3.05, 3.63) is 154 Å². The van der Waals surface area contributed by atoms with Crippen molar-refractivity contribution < 1.29 is 44.4 Å². The summed E-state index contributed by atoms with van der Waals surface area (Å²) >= 11 is 0. The van der Waals surface area contributed by atoms with Gasteiger partial charge >= 0.3 is 19.6 Å². The minimum absolute atomic E-state index is 0.125. The maximum Gasteiger partial charge on any atom is 0.598 e. The average Bonchev–Trinajstić information content (AvgIpc) is 3.84. The summed E-state index contributed by atoms with van der Waals surface area (Å²) in [6.07, 6.45) is -14.3. The lowest BCUT2D eigenvalue weighted by molar-refractivity contribution is -0.191. The molecular weight excluding hydrogens is 883 g/mol. The van der Waals surface area contributed by atoms with Crippen LogP contribution in [0.4, 0.5) is 35.1 Å². The molecule has 4 aromatic carbocycles. The molecule has 6 rings (SSSR count). The topological polar surface area (TPSA) is 35.8 Å². The van der Waals surface area contributed by atoms with Crippen LogP contribution in [0.2, 0.25) is 0 Å². The third-order valence-electron chi connectivity index (χ3n) is 12.1. The van der Waals surface area contributed by atoms with Gasteiger partial charge in [-0.1, -0.05) is 180 Å². The molecule has 68 heavy (non-hydrogen) atoms. The molecule has 2 atom stereocenters. The van der Waals surface area contributed by atoms with Gasteiger partial charge in [0.05, 0.1) is 24.6 Å². The van der Waals surface area contributed by atoms with Crippen LogP contribution in [-0.2, 0) is 31.0 Å². The highest BCUT2D eigenvalue weighted by Gasteiger charge is 2.45. The van der Waals surface area contributed by atoms with E-state index in [0.717, 1.165) is 33.4 Å². The Morgan fingerprint density at radius 3 is 1.24 bits per heavy atom. The number of hydrogen-bond donors (Lipinski definition) is 0. The number of aliphatic imine (C=N–C) groups is 1. The van der Waals surface area contributed by atoms with Crippen LogP contribution in [-0.4, -0.2) is 55.4 Å². The SMILES string of the molecule is CC(C)(C)c1ccc(C2=CC(c3ccc(C(C)(C)C)cc3)=N/C2=C\c2c(-c3ccc(C(C)(C)C)cc3)cc(-c3ccc(C(C)(C)C)cc3)n2B(OCC(F)C(F)(F)F)OCC(F)C(F)(F)F)cc1. The van der Waals surface area contributed by atoms with Crippen molar-refractivity contribution in [2.75, 3.05) is 13.2 Å². The molecule has 0 bridgehead atoms. The molecular formula is C55H61BF8N2O2. The van der Waals surface area contributed by atoms with Crippen molar-refractivity contribution in [3.63, 3.8) is 0 Å². The molecule has 2 unspecified atom stereocenters. The van der Waals surface area contributed by atoms with E-state index in [1.165, 1.54) is 4.48 Å². The van der Waals surface area contributed by atoms with Crippen LogP contribution in [0, 0.1) is 0 Å². The lowest BCUT2D eigenvalue weighted by atomic mass is 9.85. The van der Waals surface area contributed by atoms with Gasteiger partial charge in [0.15, 0.2) is 0 Å². The van der Waals surface area contributed by atoms with E-state index in [4.69, 9.17) is 14.3 Å². The van der Waals surface area contributed by atoms with E-state index in [1.807, 2.05) is 112 Å². The van der Waals surface area contributed by atoms with E-state index in [1.54, 1.807) is 24.3 Å². The van der Waals surface area contributed by atoms with Gasteiger partial charge in [-0.3, -0.25) is 0 Å². The first-order valence-corrected chi connectivity index (χ1v) is 22.7. The van der Waals surface area contributed by atoms with Gasteiger partial charge in [0.25, 0.3) is 0 Å². The molecule has 2 heterocycles. The predicted molar refractivity (Wildman–Crippen MR) is 260 cm³/mol. The smallest absolute Gasteiger partial charge is 0.388 e. The third kappa shape index (κ3) is 12.3.